The number of aliphatic hydroxyl groups excluding tert-OH is 1. The summed E-state index contributed by atoms with van der Waals surface area (Å²) in [5, 5.41) is 8.66. The van der Waals surface area contributed by atoms with Gasteiger partial charge in [0.1, 0.15) is 0 Å². The highest BCUT2D eigenvalue weighted by atomic mass is 16.2. The van der Waals surface area contributed by atoms with Crippen LogP contribution in [0.1, 0.15) is 24.8 Å². The van der Waals surface area contributed by atoms with Gasteiger partial charge in [-0.05, 0) is 19.3 Å². The first kappa shape index (κ1) is 12.9. The van der Waals surface area contributed by atoms with E-state index in [2.05, 4.69) is 9.97 Å². The number of aromatic nitrogens is 2. The summed E-state index contributed by atoms with van der Waals surface area (Å²) in [6, 6.07) is 0. The highest BCUT2D eigenvalue weighted by Gasteiger charge is 2.03. The van der Waals surface area contributed by atoms with E-state index in [-0.39, 0.29) is 6.61 Å². The van der Waals surface area contributed by atoms with Crippen molar-refractivity contribution in [3.8, 4) is 0 Å². The molecule has 0 aliphatic carbocycles. The molecule has 0 aliphatic rings. The van der Waals surface area contributed by atoms with Crippen LogP contribution >= 0.6 is 0 Å². The van der Waals surface area contributed by atoms with Crippen LogP contribution in [-0.2, 0) is 6.54 Å². The molecule has 1 aromatic heterocycles. The Bertz CT molecular complexity index is 289. The van der Waals surface area contributed by atoms with Gasteiger partial charge in [0.05, 0.1) is 0 Å². The fraction of sp³-hybridized carbons (Fsp3) is 0.636. The van der Waals surface area contributed by atoms with E-state index in [0.29, 0.717) is 6.54 Å². The molecule has 0 saturated heterocycles. The number of rotatable bonds is 7. The summed E-state index contributed by atoms with van der Waals surface area (Å²) in [6.45, 7) is 1.65. The van der Waals surface area contributed by atoms with Gasteiger partial charge in [-0.3, -0.25) is 0 Å². The molecule has 1 aromatic rings. The van der Waals surface area contributed by atoms with Crippen molar-refractivity contribution in [2.75, 3.05) is 25.1 Å². The van der Waals surface area contributed by atoms with Crippen LogP contribution in [0.3, 0.4) is 0 Å². The number of hydrogen-bond donors (Lipinski definition) is 2. The lowest BCUT2D eigenvalue weighted by molar-refractivity contribution is 0.283. The van der Waals surface area contributed by atoms with Crippen molar-refractivity contribution in [2.45, 2.75) is 25.8 Å². The molecule has 16 heavy (non-hydrogen) atoms. The van der Waals surface area contributed by atoms with Crippen molar-refractivity contribution in [3.63, 3.8) is 0 Å². The van der Waals surface area contributed by atoms with Crippen LogP contribution in [0, 0.1) is 0 Å². The summed E-state index contributed by atoms with van der Waals surface area (Å²) in [5.74, 6) is 0.723. The number of unbranched alkanes of at least 4 members (excludes halogenated alkanes) is 2. The van der Waals surface area contributed by atoms with Crippen molar-refractivity contribution >= 4 is 5.95 Å². The monoisotopic (exact) mass is 224 g/mol. The van der Waals surface area contributed by atoms with E-state index in [0.717, 1.165) is 37.3 Å². The SMILES string of the molecule is CN(CCCCCO)c1ncc(CN)cn1. The average molecular weight is 224 g/mol. The Morgan fingerprint density at radius 2 is 1.94 bits per heavy atom. The fourth-order valence-electron chi connectivity index (χ4n) is 1.39. The Labute approximate surface area is 96.3 Å². The van der Waals surface area contributed by atoms with Gasteiger partial charge in [-0.1, -0.05) is 0 Å². The molecule has 0 fully saturated rings. The van der Waals surface area contributed by atoms with Gasteiger partial charge < -0.3 is 15.7 Å². The molecule has 0 aromatic carbocycles. The maximum absolute atomic E-state index is 8.66. The van der Waals surface area contributed by atoms with Gasteiger partial charge in [0.2, 0.25) is 5.95 Å². The third-order valence-electron chi connectivity index (χ3n) is 2.42. The Morgan fingerprint density at radius 1 is 1.25 bits per heavy atom. The molecule has 0 amide bonds. The second-order valence-corrected chi connectivity index (χ2v) is 3.80. The number of aliphatic hydroxyl groups is 1. The smallest absolute Gasteiger partial charge is 0.224 e. The number of anilines is 1. The summed E-state index contributed by atoms with van der Waals surface area (Å²) in [5.41, 5.74) is 6.41. The maximum Gasteiger partial charge on any atom is 0.224 e. The van der Waals surface area contributed by atoms with E-state index < -0.39 is 0 Å². The normalized spacial score (nSPS) is 10.4. The van der Waals surface area contributed by atoms with Gasteiger partial charge in [0, 0.05) is 44.7 Å². The number of hydrogen-bond acceptors (Lipinski definition) is 5. The topological polar surface area (TPSA) is 75.3 Å². The lowest BCUT2D eigenvalue weighted by atomic mass is 10.2. The largest absolute Gasteiger partial charge is 0.396 e. The van der Waals surface area contributed by atoms with Crippen LogP contribution in [0.4, 0.5) is 5.95 Å². The van der Waals surface area contributed by atoms with Gasteiger partial charge in [-0.25, -0.2) is 9.97 Å². The van der Waals surface area contributed by atoms with Gasteiger partial charge in [-0.2, -0.15) is 0 Å². The molecule has 0 radical (unpaired) electrons. The Morgan fingerprint density at radius 3 is 2.50 bits per heavy atom. The molecule has 0 spiro atoms. The molecule has 0 bridgehead atoms. The van der Waals surface area contributed by atoms with E-state index >= 15 is 0 Å². The van der Waals surface area contributed by atoms with E-state index in [9.17, 15) is 0 Å². The molecule has 90 valence electrons. The van der Waals surface area contributed by atoms with E-state index in [4.69, 9.17) is 10.8 Å². The van der Waals surface area contributed by atoms with Crippen molar-refractivity contribution in [3.05, 3.63) is 18.0 Å². The first-order chi connectivity index (χ1) is 7.77. The maximum atomic E-state index is 8.66. The van der Waals surface area contributed by atoms with E-state index in [1.165, 1.54) is 0 Å². The second-order valence-electron chi connectivity index (χ2n) is 3.80. The Kier molecular flexibility index (Phi) is 5.74. The van der Waals surface area contributed by atoms with Crippen molar-refractivity contribution in [2.24, 2.45) is 5.73 Å². The molecule has 0 atom stereocenters. The van der Waals surface area contributed by atoms with Crippen LogP contribution in [0.15, 0.2) is 12.4 Å². The summed E-state index contributed by atoms with van der Waals surface area (Å²) >= 11 is 0. The quantitative estimate of drug-likeness (QED) is 0.661. The van der Waals surface area contributed by atoms with Crippen molar-refractivity contribution < 1.29 is 5.11 Å². The average Bonchev–Trinajstić information content (AvgIpc) is 2.34. The van der Waals surface area contributed by atoms with E-state index in [1.807, 2.05) is 11.9 Å². The molecular weight excluding hydrogens is 204 g/mol. The van der Waals surface area contributed by atoms with Crippen LogP contribution in [0.5, 0.6) is 0 Å². The molecule has 1 rings (SSSR count). The zero-order valence-electron chi connectivity index (χ0n) is 9.76. The third kappa shape index (κ3) is 4.12. The molecule has 5 nitrogen and oxygen atoms in total. The summed E-state index contributed by atoms with van der Waals surface area (Å²) in [7, 11) is 1.97. The first-order valence-electron chi connectivity index (χ1n) is 5.61. The molecular formula is C11H20N4O. The molecule has 0 aliphatic heterocycles. The predicted molar refractivity (Wildman–Crippen MR) is 64.1 cm³/mol. The summed E-state index contributed by atoms with van der Waals surface area (Å²) in [4.78, 5) is 10.5. The lowest BCUT2D eigenvalue weighted by Gasteiger charge is -2.16. The predicted octanol–water partition coefficient (Wildman–Crippen LogP) is 0.534. The Hall–Kier alpha value is -1.20. The minimum atomic E-state index is 0.269. The van der Waals surface area contributed by atoms with Crippen molar-refractivity contribution in [1.82, 2.24) is 9.97 Å². The van der Waals surface area contributed by atoms with Crippen LogP contribution < -0.4 is 10.6 Å². The van der Waals surface area contributed by atoms with Gasteiger partial charge in [-0.15, -0.1) is 0 Å². The summed E-state index contributed by atoms with van der Waals surface area (Å²) in [6.07, 6.45) is 6.45. The third-order valence-corrected chi connectivity index (χ3v) is 2.42. The van der Waals surface area contributed by atoms with Gasteiger partial charge >= 0.3 is 0 Å². The fourth-order valence-corrected chi connectivity index (χ4v) is 1.39. The zero-order chi connectivity index (χ0) is 11.8. The molecule has 0 unspecified atom stereocenters. The minimum absolute atomic E-state index is 0.269. The van der Waals surface area contributed by atoms with Crippen LogP contribution in [0.25, 0.3) is 0 Å². The van der Waals surface area contributed by atoms with Crippen LogP contribution in [0.2, 0.25) is 0 Å². The van der Waals surface area contributed by atoms with E-state index in [1.54, 1.807) is 12.4 Å². The lowest BCUT2D eigenvalue weighted by Crippen LogP contribution is -2.21. The molecule has 5 heteroatoms. The van der Waals surface area contributed by atoms with Crippen molar-refractivity contribution in [1.29, 1.82) is 0 Å². The molecule has 1 heterocycles. The zero-order valence-corrected chi connectivity index (χ0v) is 9.76. The number of nitrogens with zero attached hydrogens (tertiary/aromatic N) is 3. The first-order valence-corrected chi connectivity index (χ1v) is 5.61. The standard InChI is InChI=1S/C11H20N4O/c1-15(5-3-2-4-6-16)11-13-8-10(7-12)9-14-11/h8-9,16H,2-7,12H2,1H3. The molecule has 3 N–H and O–H groups in total. The van der Waals surface area contributed by atoms with Gasteiger partial charge in [0.25, 0.3) is 0 Å². The number of nitrogens with two attached hydrogens (primary N) is 1. The second kappa shape index (κ2) is 7.14. The molecule has 0 saturated carbocycles. The summed E-state index contributed by atoms with van der Waals surface area (Å²) < 4.78 is 0. The highest BCUT2D eigenvalue weighted by molar-refractivity contribution is 5.27. The minimum Gasteiger partial charge on any atom is -0.396 e. The Balaban J connectivity index is 2.37. The van der Waals surface area contributed by atoms with Crippen LogP contribution in [-0.4, -0.2) is 35.3 Å². The highest BCUT2D eigenvalue weighted by Crippen LogP contribution is 2.06. The van der Waals surface area contributed by atoms with Gasteiger partial charge in [0.15, 0.2) is 0 Å².